The van der Waals surface area contributed by atoms with E-state index in [4.69, 9.17) is 0 Å². The second kappa shape index (κ2) is 6.60. The summed E-state index contributed by atoms with van der Waals surface area (Å²) in [5.74, 6) is 0. The molecule has 2 heterocycles. The molecule has 114 valence electrons. The minimum Gasteiger partial charge on any atom is -0.317 e. The van der Waals surface area contributed by atoms with Gasteiger partial charge in [-0.3, -0.25) is 4.98 Å². The molecular formula is C18H21N3O. The summed E-state index contributed by atoms with van der Waals surface area (Å²) in [6, 6.07) is 12.3. The van der Waals surface area contributed by atoms with Crippen molar-refractivity contribution in [2.45, 2.75) is 32.2 Å². The molecule has 1 aromatic heterocycles. The molecule has 2 aromatic rings. The van der Waals surface area contributed by atoms with Crippen molar-refractivity contribution in [2.24, 2.45) is 0 Å². The number of urea groups is 1. The number of piperidine rings is 1. The van der Waals surface area contributed by atoms with Crippen molar-refractivity contribution in [2.75, 3.05) is 11.9 Å². The number of nitrogens with one attached hydrogen (secondary N) is 1. The lowest BCUT2D eigenvalue weighted by atomic mass is 9.95. The molecule has 1 N–H and O–H groups in total. The predicted molar refractivity (Wildman–Crippen MR) is 87.7 cm³/mol. The first kappa shape index (κ1) is 14.6. The standard InChI is InChI=1S/C18H21N3O/c1-14-7-9-15(10-8-14)17-6-2-3-12-21(17)18(22)20-16-5-4-11-19-13-16/h4-5,7-11,13,17H,2-3,6,12H2,1H3,(H,20,22). The van der Waals surface area contributed by atoms with Gasteiger partial charge in [0.25, 0.3) is 0 Å². The Morgan fingerprint density at radius 2 is 2.05 bits per heavy atom. The van der Waals surface area contributed by atoms with Crippen LogP contribution in [-0.2, 0) is 0 Å². The van der Waals surface area contributed by atoms with Crippen molar-refractivity contribution in [1.29, 1.82) is 0 Å². The highest BCUT2D eigenvalue weighted by molar-refractivity contribution is 5.89. The number of benzene rings is 1. The Labute approximate surface area is 131 Å². The molecular weight excluding hydrogens is 274 g/mol. The Balaban J connectivity index is 1.77. The molecule has 1 saturated heterocycles. The van der Waals surface area contributed by atoms with E-state index in [2.05, 4.69) is 41.5 Å². The second-order valence-corrected chi connectivity index (χ2v) is 5.79. The normalized spacial score (nSPS) is 18.0. The first-order valence-corrected chi connectivity index (χ1v) is 7.78. The number of aromatic nitrogens is 1. The number of pyridine rings is 1. The summed E-state index contributed by atoms with van der Waals surface area (Å²) < 4.78 is 0. The van der Waals surface area contributed by atoms with Crippen molar-refractivity contribution in [1.82, 2.24) is 9.88 Å². The number of hydrogen-bond acceptors (Lipinski definition) is 2. The average molecular weight is 295 g/mol. The third-order valence-corrected chi connectivity index (χ3v) is 4.14. The third-order valence-electron chi connectivity index (χ3n) is 4.14. The number of carbonyl (C=O) groups is 1. The number of aryl methyl sites for hydroxylation is 1. The summed E-state index contributed by atoms with van der Waals surface area (Å²) >= 11 is 0. The van der Waals surface area contributed by atoms with Crippen LogP contribution in [0.4, 0.5) is 10.5 Å². The average Bonchev–Trinajstić information content (AvgIpc) is 2.56. The second-order valence-electron chi connectivity index (χ2n) is 5.79. The van der Waals surface area contributed by atoms with Crippen LogP contribution in [0.1, 0.15) is 36.4 Å². The van der Waals surface area contributed by atoms with E-state index in [1.54, 1.807) is 12.4 Å². The topological polar surface area (TPSA) is 45.2 Å². The summed E-state index contributed by atoms with van der Waals surface area (Å²) in [4.78, 5) is 18.6. The Morgan fingerprint density at radius 3 is 2.77 bits per heavy atom. The maximum absolute atomic E-state index is 12.6. The first-order chi connectivity index (χ1) is 10.7. The molecule has 4 nitrogen and oxygen atoms in total. The van der Waals surface area contributed by atoms with Crippen LogP contribution in [0.15, 0.2) is 48.8 Å². The van der Waals surface area contributed by atoms with Crippen molar-refractivity contribution in [3.05, 3.63) is 59.9 Å². The monoisotopic (exact) mass is 295 g/mol. The fourth-order valence-electron chi connectivity index (χ4n) is 2.94. The summed E-state index contributed by atoms with van der Waals surface area (Å²) in [5, 5.41) is 2.95. The van der Waals surface area contributed by atoms with Gasteiger partial charge in [-0.25, -0.2) is 4.79 Å². The fourth-order valence-corrected chi connectivity index (χ4v) is 2.94. The van der Waals surface area contributed by atoms with Crippen LogP contribution in [0.5, 0.6) is 0 Å². The molecule has 1 atom stereocenters. The van der Waals surface area contributed by atoms with Crippen LogP contribution in [0.2, 0.25) is 0 Å². The van der Waals surface area contributed by atoms with E-state index >= 15 is 0 Å². The molecule has 0 bridgehead atoms. The van der Waals surface area contributed by atoms with Crippen molar-refractivity contribution >= 4 is 11.7 Å². The van der Waals surface area contributed by atoms with Gasteiger partial charge in [-0.2, -0.15) is 0 Å². The zero-order valence-corrected chi connectivity index (χ0v) is 12.8. The third kappa shape index (κ3) is 3.27. The minimum absolute atomic E-state index is 0.0433. The quantitative estimate of drug-likeness (QED) is 0.904. The maximum atomic E-state index is 12.6. The lowest BCUT2D eigenvalue weighted by Gasteiger charge is -2.36. The van der Waals surface area contributed by atoms with Crippen LogP contribution in [0.3, 0.4) is 0 Å². The van der Waals surface area contributed by atoms with Gasteiger partial charge in [0, 0.05) is 12.7 Å². The van der Waals surface area contributed by atoms with Crippen LogP contribution in [0.25, 0.3) is 0 Å². The number of carbonyl (C=O) groups excluding carboxylic acids is 1. The maximum Gasteiger partial charge on any atom is 0.322 e. The molecule has 22 heavy (non-hydrogen) atoms. The molecule has 1 aliphatic rings. The molecule has 2 amide bonds. The SMILES string of the molecule is Cc1ccc(C2CCCCN2C(=O)Nc2cccnc2)cc1. The van der Waals surface area contributed by atoms with Gasteiger partial charge in [0.05, 0.1) is 17.9 Å². The number of hydrogen-bond donors (Lipinski definition) is 1. The molecule has 3 rings (SSSR count). The number of anilines is 1. The van der Waals surface area contributed by atoms with Gasteiger partial charge in [-0.05, 0) is 43.9 Å². The molecule has 1 aliphatic heterocycles. The Hall–Kier alpha value is -2.36. The molecule has 0 saturated carbocycles. The Bertz CT molecular complexity index is 625. The molecule has 1 unspecified atom stereocenters. The number of rotatable bonds is 2. The van der Waals surface area contributed by atoms with E-state index in [0.29, 0.717) is 0 Å². The fraction of sp³-hybridized carbons (Fsp3) is 0.333. The molecule has 1 aromatic carbocycles. The van der Waals surface area contributed by atoms with Gasteiger partial charge >= 0.3 is 6.03 Å². The molecule has 1 fully saturated rings. The van der Waals surface area contributed by atoms with E-state index < -0.39 is 0 Å². The molecule has 4 heteroatoms. The van der Waals surface area contributed by atoms with Crippen LogP contribution in [0, 0.1) is 6.92 Å². The van der Waals surface area contributed by atoms with Gasteiger partial charge in [0.2, 0.25) is 0 Å². The lowest BCUT2D eigenvalue weighted by molar-refractivity contribution is 0.163. The summed E-state index contributed by atoms with van der Waals surface area (Å²) in [6.45, 7) is 2.88. The van der Waals surface area contributed by atoms with Gasteiger partial charge in [0.1, 0.15) is 0 Å². The van der Waals surface area contributed by atoms with E-state index in [1.165, 1.54) is 11.1 Å². The highest BCUT2D eigenvalue weighted by Crippen LogP contribution is 2.31. The van der Waals surface area contributed by atoms with E-state index in [-0.39, 0.29) is 12.1 Å². The summed E-state index contributed by atoms with van der Waals surface area (Å²) in [5.41, 5.74) is 3.19. The van der Waals surface area contributed by atoms with Crippen LogP contribution < -0.4 is 5.32 Å². The van der Waals surface area contributed by atoms with Crippen molar-refractivity contribution < 1.29 is 4.79 Å². The first-order valence-electron chi connectivity index (χ1n) is 7.78. The zero-order valence-electron chi connectivity index (χ0n) is 12.8. The Kier molecular flexibility index (Phi) is 4.37. The Morgan fingerprint density at radius 1 is 1.23 bits per heavy atom. The van der Waals surface area contributed by atoms with Crippen molar-refractivity contribution in [3.8, 4) is 0 Å². The van der Waals surface area contributed by atoms with Gasteiger partial charge in [-0.1, -0.05) is 29.8 Å². The van der Waals surface area contributed by atoms with E-state index in [0.717, 1.165) is 31.5 Å². The van der Waals surface area contributed by atoms with Crippen LogP contribution in [-0.4, -0.2) is 22.5 Å². The molecule has 0 radical (unpaired) electrons. The van der Waals surface area contributed by atoms with E-state index in [1.807, 2.05) is 17.0 Å². The van der Waals surface area contributed by atoms with Crippen molar-refractivity contribution in [3.63, 3.8) is 0 Å². The highest BCUT2D eigenvalue weighted by atomic mass is 16.2. The van der Waals surface area contributed by atoms with Gasteiger partial charge in [0.15, 0.2) is 0 Å². The summed E-state index contributed by atoms with van der Waals surface area (Å²) in [6.07, 6.45) is 6.61. The largest absolute Gasteiger partial charge is 0.322 e. The van der Waals surface area contributed by atoms with Gasteiger partial charge < -0.3 is 10.2 Å². The smallest absolute Gasteiger partial charge is 0.317 e. The van der Waals surface area contributed by atoms with Crippen LogP contribution >= 0.6 is 0 Å². The number of amides is 2. The lowest BCUT2D eigenvalue weighted by Crippen LogP contribution is -2.41. The predicted octanol–water partition coefficient (Wildman–Crippen LogP) is 4.15. The minimum atomic E-state index is -0.0433. The zero-order chi connectivity index (χ0) is 15.4. The summed E-state index contributed by atoms with van der Waals surface area (Å²) in [7, 11) is 0. The van der Waals surface area contributed by atoms with Gasteiger partial charge in [-0.15, -0.1) is 0 Å². The molecule has 0 aliphatic carbocycles. The number of likely N-dealkylation sites (tertiary alicyclic amines) is 1. The number of nitrogens with zero attached hydrogens (tertiary/aromatic N) is 2. The molecule has 0 spiro atoms. The highest BCUT2D eigenvalue weighted by Gasteiger charge is 2.27. The van der Waals surface area contributed by atoms with E-state index in [9.17, 15) is 4.79 Å².